The van der Waals surface area contributed by atoms with Crippen molar-refractivity contribution >= 4 is 15.9 Å². The fourth-order valence-electron chi connectivity index (χ4n) is 1.06. The first-order valence-corrected chi connectivity index (χ1v) is 5.28. The molecule has 3 nitrogen and oxygen atoms in total. The van der Waals surface area contributed by atoms with Gasteiger partial charge < -0.3 is 0 Å². The Kier molecular flexibility index (Phi) is 6.34. The molecule has 0 aliphatic rings. The van der Waals surface area contributed by atoms with Crippen molar-refractivity contribution in [3.05, 3.63) is 10.1 Å². The second-order valence-electron chi connectivity index (χ2n) is 3.13. The van der Waals surface area contributed by atoms with E-state index < -0.39 is 4.95 Å². The van der Waals surface area contributed by atoms with E-state index in [1.807, 2.05) is 6.92 Å². The van der Waals surface area contributed by atoms with Gasteiger partial charge in [-0.15, -0.1) is 0 Å². The summed E-state index contributed by atoms with van der Waals surface area (Å²) in [6, 6.07) is 0. The molecular weight excluding hydrogens is 222 g/mol. The van der Waals surface area contributed by atoms with E-state index in [0.717, 1.165) is 19.3 Å². The maximum atomic E-state index is 10.3. The van der Waals surface area contributed by atoms with Gasteiger partial charge in [0.1, 0.15) is 0 Å². The molecule has 0 aliphatic heterocycles. The zero-order valence-electron chi connectivity index (χ0n) is 7.62. The van der Waals surface area contributed by atoms with Crippen LogP contribution in [-0.4, -0.2) is 9.87 Å². The first-order chi connectivity index (χ1) is 5.59. The molecule has 0 bridgehead atoms. The van der Waals surface area contributed by atoms with Crippen LogP contribution in [0.4, 0.5) is 0 Å². The Hall–Kier alpha value is -0.120. The summed E-state index contributed by atoms with van der Waals surface area (Å²) in [6.45, 7) is 4.04. The molecule has 4 heteroatoms. The molecule has 12 heavy (non-hydrogen) atoms. The lowest BCUT2D eigenvalue weighted by Gasteiger charge is -2.10. The van der Waals surface area contributed by atoms with Gasteiger partial charge in [-0.1, -0.05) is 33.1 Å². The monoisotopic (exact) mass is 237 g/mol. The average molecular weight is 238 g/mol. The van der Waals surface area contributed by atoms with Crippen LogP contribution in [0.1, 0.15) is 39.5 Å². The summed E-state index contributed by atoms with van der Waals surface area (Å²) >= 11 is 3.06. The number of rotatable bonds is 6. The molecule has 0 rings (SSSR count). The van der Waals surface area contributed by atoms with Crippen molar-refractivity contribution in [3.63, 3.8) is 0 Å². The largest absolute Gasteiger partial charge is 0.268 e. The molecule has 0 heterocycles. The third kappa shape index (κ3) is 4.70. The summed E-state index contributed by atoms with van der Waals surface area (Å²) in [7, 11) is 0. The summed E-state index contributed by atoms with van der Waals surface area (Å²) in [5.74, 6) is 0.131. The van der Waals surface area contributed by atoms with E-state index in [-0.39, 0.29) is 10.8 Å². The topological polar surface area (TPSA) is 43.1 Å². The Labute approximate surface area is 81.8 Å². The SMILES string of the molecule is CCCCC[C@H](C)C(Br)[N+](=O)[O-]. The molecule has 0 saturated heterocycles. The number of unbranched alkanes of at least 4 members (excludes halogenated alkanes) is 2. The number of nitro groups is 1. The highest BCUT2D eigenvalue weighted by Gasteiger charge is 2.23. The predicted molar refractivity (Wildman–Crippen MR) is 53.0 cm³/mol. The van der Waals surface area contributed by atoms with Gasteiger partial charge in [-0.25, -0.2) is 0 Å². The Bertz CT molecular complexity index is 141. The summed E-state index contributed by atoms with van der Waals surface area (Å²) in [6.07, 6.45) is 4.36. The molecule has 0 amide bonds. The standard InChI is InChI=1S/C8H16BrNO2/c1-3-4-5-6-7(2)8(9)10(11)12/h7-8H,3-6H2,1-2H3/t7-,8?/m0/s1. The van der Waals surface area contributed by atoms with Crippen LogP contribution in [-0.2, 0) is 0 Å². The fourth-order valence-corrected chi connectivity index (χ4v) is 1.33. The maximum absolute atomic E-state index is 10.3. The smallest absolute Gasteiger partial charge is 0.263 e. The van der Waals surface area contributed by atoms with Crippen LogP contribution in [0, 0.1) is 16.0 Å². The van der Waals surface area contributed by atoms with Crippen molar-refractivity contribution in [1.29, 1.82) is 0 Å². The molecular formula is C8H16BrNO2. The zero-order chi connectivity index (χ0) is 9.56. The highest BCUT2D eigenvalue weighted by molar-refractivity contribution is 9.09. The highest BCUT2D eigenvalue weighted by Crippen LogP contribution is 2.19. The van der Waals surface area contributed by atoms with Gasteiger partial charge >= 0.3 is 0 Å². The minimum absolute atomic E-state index is 0.131. The first-order valence-electron chi connectivity index (χ1n) is 4.37. The number of alkyl halides is 1. The van der Waals surface area contributed by atoms with Crippen LogP contribution in [0.5, 0.6) is 0 Å². The van der Waals surface area contributed by atoms with E-state index >= 15 is 0 Å². The van der Waals surface area contributed by atoms with Gasteiger partial charge in [-0.05, 0) is 22.4 Å². The van der Waals surface area contributed by atoms with Gasteiger partial charge in [0.2, 0.25) is 0 Å². The Morgan fingerprint density at radius 1 is 1.50 bits per heavy atom. The highest BCUT2D eigenvalue weighted by atomic mass is 79.9. The number of nitrogens with zero attached hydrogens (tertiary/aromatic N) is 1. The van der Waals surface area contributed by atoms with E-state index in [1.165, 1.54) is 6.42 Å². The Morgan fingerprint density at radius 3 is 2.50 bits per heavy atom. The lowest BCUT2D eigenvalue weighted by Crippen LogP contribution is -2.20. The van der Waals surface area contributed by atoms with Gasteiger partial charge in [0.15, 0.2) is 0 Å². The van der Waals surface area contributed by atoms with Crippen LogP contribution in [0.25, 0.3) is 0 Å². The van der Waals surface area contributed by atoms with Crippen molar-refractivity contribution in [3.8, 4) is 0 Å². The molecule has 0 radical (unpaired) electrons. The van der Waals surface area contributed by atoms with Crippen LogP contribution in [0.3, 0.4) is 0 Å². The molecule has 0 fully saturated rings. The van der Waals surface area contributed by atoms with Crippen molar-refractivity contribution in [2.75, 3.05) is 0 Å². The van der Waals surface area contributed by atoms with Crippen molar-refractivity contribution in [2.45, 2.75) is 44.5 Å². The number of halogens is 1. The molecule has 0 aromatic rings. The molecule has 0 saturated carbocycles. The van der Waals surface area contributed by atoms with Gasteiger partial charge in [0.05, 0.1) is 0 Å². The molecule has 2 atom stereocenters. The Balaban J connectivity index is 3.56. The van der Waals surface area contributed by atoms with Crippen molar-refractivity contribution in [1.82, 2.24) is 0 Å². The van der Waals surface area contributed by atoms with Gasteiger partial charge in [0.25, 0.3) is 4.95 Å². The molecule has 72 valence electrons. The lowest BCUT2D eigenvalue weighted by molar-refractivity contribution is -0.501. The minimum Gasteiger partial charge on any atom is -0.263 e. The molecule has 0 aromatic carbocycles. The van der Waals surface area contributed by atoms with Crippen molar-refractivity contribution in [2.24, 2.45) is 5.92 Å². The van der Waals surface area contributed by atoms with E-state index in [9.17, 15) is 10.1 Å². The van der Waals surface area contributed by atoms with E-state index in [2.05, 4.69) is 22.9 Å². The average Bonchev–Trinajstić information content (AvgIpc) is 2.03. The van der Waals surface area contributed by atoms with E-state index in [4.69, 9.17) is 0 Å². The molecule has 0 aliphatic carbocycles. The number of hydrogen-bond donors (Lipinski definition) is 0. The van der Waals surface area contributed by atoms with Crippen LogP contribution < -0.4 is 0 Å². The fraction of sp³-hybridized carbons (Fsp3) is 1.00. The van der Waals surface area contributed by atoms with Gasteiger partial charge in [0, 0.05) is 10.8 Å². The molecule has 0 spiro atoms. The molecule has 0 N–H and O–H groups in total. The van der Waals surface area contributed by atoms with Crippen LogP contribution >= 0.6 is 15.9 Å². The first kappa shape index (κ1) is 11.9. The maximum Gasteiger partial charge on any atom is 0.268 e. The van der Waals surface area contributed by atoms with Crippen LogP contribution in [0.2, 0.25) is 0 Å². The quantitative estimate of drug-likeness (QED) is 0.234. The predicted octanol–water partition coefficient (Wildman–Crippen LogP) is 3.20. The lowest BCUT2D eigenvalue weighted by atomic mass is 10.0. The zero-order valence-corrected chi connectivity index (χ0v) is 9.21. The summed E-state index contributed by atoms with van der Waals surface area (Å²) in [5, 5.41) is 10.3. The third-order valence-corrected chi connectivity index (χ3v) is 3.17. The second kappa shape index (κ2) is 6.40. The number of hydrogen-bond acceptors (Lipinski definition) is 2. The summed E-state index contributed by atoms with van der Waals surface area (Å²) < 4.78 is 0. The van der Waals surface area contributed by atoms with Crippen molar-refractivity contribution < 1.29 is 4.92 Å². The van der Waals surface area contributed by atoms with Gasteiger partial charge in [-0.3, -0.25) is 10.1 Å². The Morgan fingerprint density at radius 2 is 2.08 bits per heavy atom. The second-order valence-corrected chi connectivity index (χ2v) is 4.07. The van der Waals surface area contributed by atoms with E-state index in [0.29, 0.717) is 0 Å². The molecule has 0 aromatic heterocycles. The van der Waals surface area contributed by atoms with Gasteiger partial charge in [-0.2, -0.15) is 0 Å². The third-order valence-electron chi connectivity index (χ3n) is 1.93. The van der Waals surface area contributed by atoms with E-state index in [1.54, 1.807) is 0 Å². The normalized spacial score (nSPS) is 15.6. The summed E-state index contributed by atoms with van der Waals surface area (Å²) in [4.78, 5) is 9.49. The summed E-state index contributed by atoms with van der Waals surface area (Å²) in [5.41, 5.74) is 0. The molecule has 1 unspecified atom stereocenters. The van der Waals surface area contributed by atoms with Crippen LogP contribution in [0.15, 0.2) is 0 Å². The minimum atomic E-state index is -0.575.